The van der Waals surface area contributed by atoms with Gasteiger partial charge in [0.15, 0.2) is 6.61 Å². The van der Waals surface area contributed by atoms with Crippen LogP contribution in [0.5, 0.6) is 5.75 Å². The summed E-state index contributed by atoms with van der Waals surface area (Å²) in [6, 6.07) is 11.0. The van der Waals surface area contributed by atoms with Gasteiger partial charge in [0.05, 0.1) is 5.69 Å². The lowest BCUT2D eigenvalue weighted by Gasteiger charge is -2.09. The van der Waals surface area contributed by atoms with Crippen molar-refractivity contribution in [3.05, 3.63) is 57.9 Å². The first kappa shape index (κ1) is 21.8. The van der Waals surface area contributed by atoms with Gasteiger partial charge >= 0.3 is 0 Å². The Morgan fingerprint density at radius 1 is 1.12 bits per heavy atom. The van der Waals surface area contributed by atoms with E-state index in [1.165, 1.54) is 18.3 Å². The molecule has 10 heteroatoms. The smallest absolute Gasteiger partial charge is 0.264 e. The number of hydrogen-bond donors (Lipinski definition) is 2. The molecule has 0 atom stereocenters. The van der Waals surface area contributed by atoms with E-state index in [0.29, 0.717) is 21.4 Å². The maximum atomic E-state index is 12.3. The van der Waals surface area contributed by atoms with Crippen LogP contribution < -0.4 is 15.4 Å². The average Bonchev–Trinajstić information content (AvgIpc) is 3.31. The van der Waals surface area contributed by atoms with E-state index >= 15 is 0 Å². The quantitative estimate of drug-likeness (QED) is 0.426. The maximum absolute atomic E-state index is 12.3. The minimum absolute atomic E-state index is 0.127. The number of hydrogen-bond acceptors (Lipinski definition) is 6. The molecular weight excluding hydrogens is 450 g/mol. The molecule has 0 saturated carbocycles. The Hall–Kier alpha value is -3.43. The van der Waals surface area contributed by atoms with Gasteiger partial charge in [-0.1, -0.05) is 23.7 Å². The van der Waals surface area contributed by atoms with Crippen LogP contribution in [-0.2, 0) is 9.59 Å². The number of thiazole rings is 1. The van der Waals surface area contributed by atoms with Gasteiger partial charge in [-0.3, -0.25) is 14.9 Å². The SMILES string of the molecule is CC(=O)Nc1ccc(-c2csc3nc(NC(=O)COc4cc(C)c(Cl)c(C)c4)nn23)cc1. The minimum atomic E-state index is -0.366. The van der Waals surface area contributed by atoms with E-state index < -0.39 is 0 Å². The van der Waals surface area contributed by atoms with Crippen LogP contribution >= 0.6 is 22.9 Å². The number of anilines is 2. The molecule has 2 heterocycles. The molecule has 2 aromatic heterocycles. The molecule has 0 saturated heterocycles. The van der Waals surface area contributed by atoms with Gasteiger partial charge in [-0.15, -0.1) is 16.4 Å². The highest BCUT2D eigenvalue weighted by Crippen LogP contribution is 2.27. The minimum Gasteiger partial charge on any atom is -0.484 e. The number of carbonyl (C=O) groups is 2. The van der Waals surface area contributed by atoms with Crippen LogP contribution in [-0.4, -0.2) is 33.0 Å². The monoisotopic (exact) mass is 469 g/mol. The molecule has 8 nitrogen and oxygen atoms in total. The normalized spacial score (nSPS) is 10.9. The van der Waals surface area contributed by atoms with E-state index in [0.717, 1.165) is 22.4 Å². The summed E-state index contributed by atoms with van der Waals surface area (Å²) in [7, 11) is 0. The topological polar surface area (TPSA) is 97.6 Å². The third-order valence-corrected chi connectivity index (χ3v) is 6.03. The van der Waals surface area contributed by atoms with Crippen molar-refractivity contribution < 1.29 is 14.3 Å². The lowest BCUT2D eigenvalue weighted by molar-refractivity contribution is -0.118. The molecule has 0 bridgehead atoms. The Morgan fingerprint density at radius 3 is 2.47 bits per heavy atom. The number of aromatic nitrogens is 3. The van der Waals surface area contributed by atoms with Crippen molar-refractivity contribution in [3.63, 3.8) is 0 Å². The molecule has 2 aromatic carbocycles. The van der Waals surface area contributed by atoms with Crippen LogP contribution in [0.15, 0.2) is 41.8 Å². The van der Waals surface area contributed by atoms with Crippen molar-refractivity contribution in [2.75, 3.05) is 17.2 Å². The summed E-state index contributed by atoms with van der Waals surface area (Å²) in [4.78, 5) is 28.5. The van der Waals surface area contributed by atoms with Gasteiger partial charge in [-0.05, 0) is 49.2 Å². The third-order valence-electron chi connectivity index (χ3n) is 4.61. The number of carbonyl (C=O) groups excluding carboxylic acids is 2. The fraction of sp³-hybridized carbons (Fsp3) is 0.182. The molecule has 164 valence electrons. The molecule has 4 rings (SSSR count). The zero-order valence-corrected chi connectivity index (χ0v) is 19.2. The van der Waals surface area contributed by atoms with Crippen LogP contribution in [0.1, 0.15) is 18.1 Å². The third kappa shape index (κ3) is 4.74. The van der Waals surface area contributed by atoms with Crippen molar-refractivity contribution in [1.82, 2.24) is 14.6 Å². The Morgan fingerprint density at radius 2 is 1.81 bits per heavy atom. The zero-order valence-electron chi connectivity index (χ0n) is 17.6. The van der Waals surface area contributed by atoms with Gasteiger partial charge in [-0.25, -0.2) is 4.52 Å². The average molecular weight is 470 g/mol. The highest BCUT2D eigenvalue weighted by atomic mass is 35.5. The lowest BCUT2D eigenvalue weighted by Crippen LogP contribution is -2.21. The molecule has 0 radical (unpaired) electrons. The highest BCUT2D eigenvalue weighted by Gasteiger charge is 2.14. The standard InChI is InChI=1S/C22H20ClN5O3S/c1-12-8-17(9-13(2)20(12)23)31-10-19(30)25-21-26-22-28(27-21)18(11-32-22)15-4-6-16(7-5-15)24-14(3)29/h4-9,11H,10H2,1-3H3,(H,24,29)(H,25,27,30). The summed E-state index contributed by atoms with van der Waals surface area (Å²) in [6.45, 7) is 5.05. The highest BCUT2D eigenvalue weighted by molar-refractivity contribution is 7.15. The largest absolute Gasteiger partial charge is 0.484 e. The number of halogens is 1. The first-order valence-corrected chi connectivity index (χ1v) is 11.0. The molecule has 0 unspecified atom stereocenters. The van der Waals surface area contributed by atoms with Gasteiger partial charge in [0.2, 0.25) is 10.9 Å². The summed E-state index contributed by atoms with van der Waals surface area (Å²) in [6.07, 6.45) is 0. The summed E-state index contributed by atoms with van der Waals surface area (Å²) >= 11 is 7.57. The maximum Gasteiger partial charge on any atom is 0.264 e. The lowest BCUT2D eigenvalue weighted by atomic mass is 10.1. The van der Waals surface area contributed by atoms with Crippen molar-refractivity contribution in [3.8, 4) is 17.0 Å². The van der Waals surface area contributed by atoms with E-state index in [1.54, 1.807) is 16.6 Å². The molecule has 0 spiro atoms. The predicted molar refractivity (Wildman–Crippen MR) is 126 cm³/mol. The second-order valence-corrected chi connectivity index (χ2v) is 8.43. The van der Waals surface area contributed by atoms with Gasteiger partial charge in [0.25, 0.3) is 11.9 Å². The number of rotatable bonds is 6. The van der Waals surface area contributed by atoms with Crippen LogP contribution in [0.4, 0.5) is 11.6 Å². The van der Waals surface area contributed by atoms with Gasteiger partial charge in [0.1, 0.15) is 5.75 Å². The first-order chi connectivity index (χ1) is 15.3. The molecule has 2 amide bonds. The van der Waals surface area contributed by atoms with Crippen LogP contribution in [0.25, 0.3) is 16.2 Å². The molecule has 2 N–H and O–H groups in total. The van der Waals surface area contributed by atoms with Crippen molar-refractivity contribution in [2.45, 2.75) is 20.8 Å². The van der Waals surface area contributed by atoms with Crippen molar-refractivity contribution >= 4 is 51.3 Å². The van der Waals surface area contributed by atoms with E-state index in [9.17, 15) is 9.59 Å². The number of amides is 2. The molecule has 0 aliphatic rings. The fourth-order valence-electron chi connectivity index (χ4n) is 3.16. The number of benzene rings is 2. The fourth-order valence-corrected chi connectivity index (χ4v) is 4.10. The number of nitrogens with one attached hydrogen (secondary N) is 2. The van der Waals surface area contributed by atoms with Crippen LogP contribution in [0.3, 0.4) is 0 Å². The molecule has 0 fully saturated rings. The van der Waals surface area contributed by atoms with Crippen molar-refractivity contribution in [2.24, 2.45) is 0 Å². The molecule has 0 aliphatic heterocycles. The number of fused-ring (bicyclic) bond motifs is 1. The summed E-state index contributed by atoms with van der Waals surface area (Å²) in [5.41, 5.74) is 4.22. The molecule has 4 aromatic rings. The van der Waals surface area contributed by atoms with Crippen LogP contribution in [0, 0.1) is 13.8 Å². The van der Waals surface area contributed by atoms with Gasteiger partial charge < -0.3 is 10.1 Å². The van der Waals surface area contributed by atoms with Crippen molar-refractivity contribution in [1.29, 1.82) is 0 Å². The summed E-state index contributed by atoms with van der Waals surface area (Å²) in [5, 5.41) is 12.4. The van der Waals surface area contributed by atoms with E-state index in [2.05, 4.69) is 20.7 Å². The van der Waals surface area contributed by atoms with Gasteiger partial charge in [-0.2, -0.15) is 4.98 Å². The van der Waals surface area contributed by atoms with Gasteiger partial charge in [0, 0.05) is 28.6 Å². The predicted octanol–water partition coefficient (Wildman–Crippen LogP) is 4.70. The van der Waals surface area contributed by atoms with E-state index in [-0.39, 0.29) is 24.4 Å². The molecule has 0 aliphatic carbocycles. The van der Waals surface area contributed by atoms with E-state index in [1.807, 2.05) is 43.5 Å². The second-order valence-electron chi connectivity index (χ2n) is 7.22. The Balaban J connectivity index is 1.44. The number of ether oxygens (including phenoxy) is 1. The van der Waals surface area contributed by atoms with E-state index in [4.69, 9.17) is 16.3 Å². The molecule has 32 heavy (non-hydrogen) atoms. The first-order valence-electron chi connectivity index (χ1n) is 9.72. The summed E-state index contributed by atoms with van der Waals surface area (Å²) < 4.78 is 7.25. The Bertz CT molecular complexity index is 1290. The Labute approximate surface area is 193 Å². The summed E-state index contributed by atoms with van der Waals surface area (Å²) in [5.74, 6) is 0.278. The Kier molecular flexibility index (Phi) is 6.11. The van der Waals surface area contributed by atoms with Crippen LogP contribution in [0.2, 0.25) is 5.02 Å². The molecular formula is C22H20ClN5O3S. The zero-order chi connectivity index (χ0) is 22.8. The second kappa shape index (κ2) is 8.97. The number of nitrogens with zero attached hydrogens (tertiary/aromatic N) is 3. The number of aryl methyl sites for hydroxylation is 2.